The molecule has 2 atom stereocenters. The summed E-state index contributed by atoms with van der Waals surface area (Å²) >= 11 is 3.47. The van der Waals surface area contributed by atoms with Gasteiger partial charge in [-0.2, -0.15) is 5.10 Å². The highest BCUT2D eigenvalue weighted by Crippen LogP contribution is 2.50. The number of fused-ring (bicyclic) bond motifs is 3. The molecule has 2 aliphatic heterocycles. The second-order valence-corrected chi connectivity index (χ2v) is 8.57. The normalized spacial score (nSPS) is 20.2. The Balaban J connectivity index is 1.61. The van der Waals surface area contributed by atoms with Crippen LogP contribution in [0, 0.1) is 0 Å². The van der Waals surface area contributed by atoms with Crippen LogP contribution in [0.25, 0.3) is 0 Å². The molecule has 4 nitrogen and oxygen atoms in total. The van der Waals surface area contributed by atoms with Crippen LogP contribution in [0.1, 0.15) is 34.7 Å². The van der Waals surface area contributed by atoms with Gasteiger partial charge in [0.15, 0.2) is 11.5 Å². The Morgan fingerprint density at radius 2 is 2.00 bits per heavy atom. The van der Waals surface area contributed by atoms with Crippen LogP contribution in [-0.2, 0) is 0 Å². The summed E-state index contributed by atoms with van der Waals surface area (Å²) in [5, 5.41) is 9.21. The van der Waals surface area contributed by atoms with Gasteiger partial charge in [-0.05, 0) is 35.9 Å². The van der Waals surface area contributed by atoms with Crippen molar-refractivity contribution in [2.75, 3.05) is 13.4 Å². The fourth-order valence-corrected chi connectivity index (χ4v) is 4.95. The molecule has 0 amide bonds. The quantitative estimate of drug-likeness (QED) is 0.517. The van der Waals surface area contributed by atoms with E-state index in [4.69, 9.17) is 14.6 Å². The molecule has 5 rings (SSSR count). The van der Waals surface area contributed by atoms with Gasteiger partial charge in [-0.25, -0.2) is 5.01 Å². The molecule has 2 aliphatic rings. The summed E-state index contributed by atoms with van der Waals surface area (Å²) in [4.78, 5) is 2.45. The molecule has 0 unspecified atom stereocenters. The minimum atomic E-state index is -0.276. The Morgan fingerprint density at radius 3 is 2.71 bits per heavy atom. The van der Waals surface area contributed by atoms with E-state index in [-0.39, 0.29) is 12.3 Å². The lowest BCUT2D eigenvalue weighted by molar-refractivity contribution is -0.0209. The summed E-state index contributed by atoms with van der Waals surface area (Å²) < 4.78 is 12.1. The number of rotatable bonds is 4. The van der Waals surface area contributed by atoms with E-state index in [2.05, 4.69) is 59.1 Å². The monoisotopic (exact) mass is 408 g/mol. The summed E-state index contributed by atoms with van der Waals surface area (Å²) in [6, 6.07) is 19.0. The first-order valence-electron chi connectivity index (χ1n) is 9.15. The number of hydrogen-bond acceptors (Lipinski definition) is 6. The average molecular weight is 409 g/mol. The van der Waals surface area contributed by atoms with Crippen molar-refractivity contribution >= 4 is 28.8 Å². The maximum Gasteiger partial charge on any atom is 0.214 e. The molecule has 0 aliphatic carbocycles. The molecule has 0 bridgehead atoms. The number of ether oxygens (including phenoxy) is 2. The lowest BCUT2D eigenvalue weighted by atomic mass is 9.97. The van der Waals surface area contributed by atoms with Crippen LogP contribution in [0.15, 0.2) is 70.0 Å². The molecule has 0 saturated carbocycles. The lowest BCUT2D eigenvalue weighted by Crippen LogP contribution is -2.33. The Morgan fingerprint density at radius 1 is 1.14 bits per heavy atom. The highest BCUT2D eigenvalue weighted by molar-refractivity contribution is 7.98. The highest BCUT2D eigenvalue weighted by Gasteiger charge is 2.42. The van der Waals surface area contributed by atoms with Gasteiger partial charge in [-0.3, -0.25) is 0 Å². The SMILES string of the molecule is COc1cccc2c1O[C@H](c1ccc(SC)cc1)N1N=C(c3cccs3)C[C@H]21. The van der Waals surface area contributed by atoms with E-state index in [0.29, 0.717) is 0 Å². The maximum absolute atomic E-state index is 6.48. The standard InChI is InChI=1S/C22H20N2O2S2/c1-25-19-6-3-5-16-18-13-17(20-7-4-12-28-20)23-24(18)22(26-21(16)19)14-8-10-15(27-2)11-9-14/h3-12,18,22H,13H2,1-2H3/t18-,22-/m1/s1. The van der Waals surface area contributed by atoms with E-state index in [9.17, 15) is 0 Å². The van der Waals surface area contributed by atoms with Gasteiger partial charge >= 0.3 is 0 Å². The van der Waals surface area contributed by atoms with Crippen LogP contribution in [0.5, 0.6) is 11.5 Å². The molecule has 142 valence electrons. The predicted molar refractivity (Wildman–Crippen MR) is 115 cm³/mol. The van der Waals surface area contributed by atoms with Crippen LogP contribution >= 0.6 is 23.1 Å². The topological polar surface area (TPSA) is 34.1 Å². The van der Waals surface area contributed by atoms with Crippen molar-refractivity contribution in [1.29, 1.82) is 0 Å². The molecule has 1 aromatic heterocycles. The van der Waals surface area contributed by atoms with Crippen molar-refractivity contribution in [3.8, 4) is 11.5 Å². The van der Waals surface area contributed by atoms with Crippen LogP contribution in [-0.4, -0.2) is 24.1 Å². The summed E-state index contributed by atoms with van der Waals surface area (Å²) in [6.45, 7) is 0. The maximum atomic E-state index is 6.48. The van der Waals surface area contributed by atoms with Gasteiger partial charge in [0.2, 0.25) is 6.23 Å². The number of para-hydroxylation sites is 1. The van der Waals surface area contributed by atoms with Crippen molar-refractivity contribution in [2.45, 2.75) is 23.6 Å². The molecule has 0 saturated heterocycles. The van der Waals surface area contributed by atoms with E-state index in [1.807, 2.05) is 12.1 Å². The Kier molecular flexibility index (Phi) is 4.53. The zero-order valence-corrected chi connectivity index (χ0v) is 17.3. The van der Waals surface area contributed by atoms with Crippen LogP contribution in [0.3, 0.4) is 0 Å². The number of thiophene rings is 1. The number of methoxy groups -OCH3 is 1. The van der Waals surface area contributed by atoms with E-state index < -0.39 is 0 Å². The second kappa shape index (κ2) is 7.18. The van der Waals surface area contributed by atoms with Crippen molar-refractivity contribution < 1.29 is 9.47 Å². The van der Waals surface area contributed by atoms with Crippen molar-refractivity contribution in [3.63, 3.8) is 0 Å². The summed E-state index contributed by atoms with van der Waals surface area (Å²) in [5.41, 5.74) is 3.34. The second-order valence-electron chi connectivity index (χ2n) is 6.75. The lowest BCUT2D eigenvalue weighted by Gasteiger charge is -2.38. The fraction of sp³-hybridized carbons (Fsp3) is 0.227. The van der Waals surface area contributed by atoms with E-state index in [1.165, 1.54) is 9.77 Å². The molecular formula is C22H20N2O2S2. The van der Waals surface area contributed by atoms with Gasteiger partial charge in [-0.15, -0.1) is 23.1 Å². The molecule has 0 spiro atoms. The molecule has 28 heavy (non-hydrogen) atoms. The molecule has 2 aromatic carbocycles. The van der Waals surface area contributed by atoms with Crippen molar-refractivity contribution in [2.24, 2.45) is 5.10 Å². The van der Waals surface area contributed by atoms with Crippen LogP contribution in [0.2, 0.25) is 0 Å². The molecule has 0 fully saturated rings. The van der Waals surface area contributed by atoms with Crippen LogP contribution < -0.4 is 9.47 Å². The Labute approximate surface area is 172 Å². The largest absolute Gasteiger partial charge is 0.493 e. The fourth-order valence-electron chi connectivity index (χ4n) is 3.82. The van der Waals surface area contributed by atoms with E-state index >= 15 is 0 Å². The third kappa shape index (κ3) is 2.88. The Bertz CT molecular complexity index is 1020. The van der Waals surface area contributed by atoms with Crippen molar-refractivity contribution in [1.82, 2.24) is 5.01 Å². The molecule has 0 N–H and O–H groups in total. The summed E-state index contributed by atoms with van der Waals surface area (Å²) in [6.07, 6.45) is 2.67. The zero-order valence-electron chi connectivity index (χ0n) is 15.7. The number of hydrazone groups is 1. The molecule has 3 aromatic rings. The molecular weight excluding hydrogens is 388 g/mol. The number of benzene rings is 2. The number of thioether (sulfide) groups is 1. The van der Waals surface area contributed by atoms with Crippen molar-refractivity contribution in [3.05, 3.63) is 76.0 Å². The molecule has 0 radical (unpaired) electrons. The summed E-state index contributed by atoms with van der Waals surface area (Å²) in [5.74, 6) is 1.60. The third-order valence-electron chi connectivity index (χ3n) is 5.21. The molecule has 6 heteroatoms. The predicted octanol–water partition coefficient (Wildman–Crippen LogP) is 5.72. The first-order chi connectivity index (χ1) is 13.8. The minimum absolute atomic E-state index is 0.140. The first-order valence-corrected chi connectivity index (χ1v) is 11.3. The number of nitrogens with zero attached hydrogens (tertiary/aromatic N) is 2. The van der Waals surface area contributed by atoms with E-state index in [1.54, 1.807) is 30.2 Å². The molecule has 3 heterocycles. The van der Waals surface area contributed by atoms with Gasteiger partial charge in [0, 0.05) is 22.4 Å². The smallest absolute Gasteiger partial charge is 0.214 e. The van der Waals surface area contributed by atoms with Gasteiger partial charge in [0.25, 0.3) is 0 Å². The third-order valence-corrected chi connectivity index (χ3v) is 6.87. The van der Waals surface area contributed by atoms with Gasteiger partial charge in [0.1, 0.15) is 0 Å². The van der Waals surface area contributed by atoms with Gasteiger partial charge in [-0.1, -0.05) is 30.3 Å². The Hall–Kier alpha value is -2.44. The van der Waals surface area contributed by atoms with Gasteiger partial charge < -0.3 is 9.47 Å². The highest BCUT2D eigenvalue weighted by atomic mass is 32.2. The van der Waals surface area contributed by atoms with Crippen LogP contribution in [0.4, 0.5) is 0 Å². The first kappa shape index (κ1) is 17.6. The minimum Gasteiger partial charge on any atom is -0.493 e. The van der Waals surface area contributed by atoms with Gasteiger partial charge in [0.05, 0.1) is 23.7 Å². The average Bonchev–Trinajstić information content (AvgIpc) is 3.42. The van der Waals surface area contributed by atoms with E-state index in [0.717, 1.165) is 34.8 Å². The number of hydrogen-bond donors (Lipinski definition) is 0. The summed E-state index contributed by atoms with van der Waals surface area (Å²) in [7, 11) is 1.69. The zero-order chi connectivity index (χ0) is 19.1.